The Morgan fingerprint density at radius 3 is 1.73 bits per heavy atom. The average Bonchev–Trinajstić information content (AvgIpc) is 2.81. The molecule has 0 fully saturated rings. The SMILES string of the molecule is CCCCCCCCCCCCCC[C@@H](O)[C@@H](O)[C@H](CN=[N+]=[N-])NC(=O)CCCCCCC. The highest BCUT2D eigenvalue weighted by atomic mass is 16.3. The average molecular weight is 469 g/mol. The molecule has 0 spiro atoms. The summed E-state index contributed by atoms with van der Waals surface area (Å²) in [6.07, 6.45) is 19.0. The standard InChI is InChI=1S/C26H52N4O3/c1-3-5-7-9-10-11-12-13-14-15-17-18-20-24(31)26(33)23(22-28-30-27)29-25(32)21-19-16-8-6-4-2/h23-24,26,31,33H,3-22H2,1-2H3,(H,29,32)/t23-,24+,26-/m0/s1. The number of aliphatic hydroxyl groups is 2. The monoisotopic (exact) mass is 468 g/mol. The van der Waals surface area contributed by atoms with Crippen LogP contribution in [0.3, 0.4) is 0 Å². The highest BCUT2D eigenvalue weighted by molar-refractivity contribution is 5.76. The number of nitrogens with one attached hydrogen (secondary N) is 1. The normalized spacial score (nSPS) is 13.8. The van der Waals surface area contributed by atoms with E-state index in [-0.39, 0.29) is 12.5 Å². The van der Waals surface area contributed by atoms with E-state index >= 15 is 0 Å². The molecule has 3 atom stereocenters. The first-order chi connectivity index (χ1) is 16.1. The van der Waals surface area contributed by atoms with Crippen LogP contribution in [0, 0.1) is 0 Å². The van der Waals surface area contributed by atoms with Gasteiger partial charge in [-0.05, 0) is 18.4 Å². The minimum Gasteiger partial charge on any atom is -0.390 e. The van der Waals surface area contributed by atoms with Crippen molar-refractivity contribution in [3.63, 3.8) is 0 Å². The molecule has 3 N–H and O–H groups in total. The number of carbonyl (C=O) groups is 1. The number of hydrogen-bond acceptors (Lipinski definition) is 4. The molecule has 0 saturated carbocycles. The van der Waals surface area contributed by atoms with Gasteiger partial charge in [-0.2, -0.15) is 0 Å². The molecule has 0 aromatic rings. The van der Waals surface area contributed by atoms with Crippen LogP contribution in [0.4, 0.5) is 0 Å². The van der Waals surface area contributed by atoms with E-state index in [1.165, 1.54) is 64.2 Å². The molecule has 0 saturated heterocycles. The molecule has 0 aliphatic rings. The lowest BCUT2D eigenvalue weighted by Crippen LogP contribution is -2.50. The summed E-state index contributed by atoms with van der Waals surface area (Å²) in [4.78, 5) is 14.9. The van der Waals surface area contributed by atoms with E-state index in [0.717, 1.165) is 44.9 Å². The van der Waals surface area contributed by atoms with Crippen LogP contribution in [-0.4, -0.2) is 40.9 Å². The Morgan fingerprint density at radius 2 is 1.24 bits per heavy atom. The molecule has 0 bridgehead atoms. The summed E-state index contributed by atoms with van der Waals surface area (Å²) in [5.74, 6) is -0.166. The maximum atomic E-state index is 12.2. The van der Waals surface area contributed by atoms with Crippen LogP contribution in [0.5, 0.6) is 0 Å². The van der Waals surface area contributed by atoms with E-state index in [2.05, 4.69) is 29.2 Å². The quantitative estimate of drug-likeness (QED) is 0.0615. The Kier molecular flexibility index (Phi) is 22.9. The van der Waals surface area contributed by atoms with Crippen LogP contribution in [0.2, 0.25) is 0 Å². The van der Waals surface area contributed by atoms with Crippen LogP contribution in [0.25, 0.3) is 10.4 Å². The lowest BCUT2D eigenvalue weighted by atomic mass is 9.99. The Balaban J connectivity index is 4.02. The molecule has 194 valence electrons. The van der Waals surface area contributed by atoms with Gasteiger partial charge in [-0.25, -0.2) is 0 Å². The molecule has 33 heavy (non-hydrogen) atoms. The van der Waals surface area contributed by atoms with Gasteiger partial charge in [0.05, 0.1) is 12.1 Å². The third-order valence-corrected chi connectivity index (χ3v) is 6.36. The Bertz CT molecular complexity index is 498. The van der Waals surface area contributed by atoms with Gasteiger partial charge in [0.2, 0.25) is 5.91 Å². The molecule has 0 unspecified atom stereocenters. The number of amides is 1. The van der Waals surface area contributed by atoms with Crippen molar-refractivity contribution >= 4 is 5.91 Å². The summed E-state index contributed by atoms with van der Waals surface area (Å²) in [5, 5.41) is 27.2. The van der Waals surface area contributed by atoms with Gasteiger partial charge in [0, 0.05) is 17.9 Å². The van der Waals surface area contributed by atoms with Gasteiger partial charge >= 0.3 is 0 Å². The minimum absolute atomic E-state index is 0.0608. The predicted octanol–water partition coefficient (Wildman–Crippen LogP) is 6.96. The van der Waals surface area contributed by atoms with Crippen molar-refractivity contribution in [1.82, 2.24) is 5.32 Å². The minimum atomic E-state index is -1.13. The van der Waals surface area contributed by atoms with Crippen molar-refractivity contribution in [3.8, 4) is 0 Å². The van der Waals surface area contributed by atoms with Crippen molar-refractivity contribution in [3.05, 3.63) is 10.4 Å². The van der Waals surface area contributed by atoms with Crippen LogP contribution in [0.1, 0.15) is 136 Å². The molecule has 0 rings (SSSR count). The number of carbonyl (C=O) groups excluding carboxylic acids is 1. The van der Waals surface area contributed by atoms with Gasteiger partial charge in [-0.3, -0.25) is 4.79 Å². The molecule has 7 heteroatoms. The third-order valence-electron chi connectivity index (χ3n) is 6.36. The number of unbranched alkanes of at least 4 members (excludes halogenated alkanes) is 15. The number of rotatable bonds is 24. The molecular weight excluding hydrogens is 416 g/mol. The Labute approximate surface area is 202 Å². The molecule has 0 aromatic heterocycles. The van der Waals surface area contributed by atoms with Crippen LogP contribution < -0.4 is 5.32 Å². The predicted molar refractivity (Wildman–Crippen MR) is 137 cm³/mol. The number of hydrogen-bond donors (Lipinski definition) is 3. The number of azide groups is 1. The van der Waals surface area contributed by atoms with E-state index in [9.17, 15) is 15.0 Å². The summed E-state index contributed by atoms with van der Waals surface area (Å²) in [6, 6.07) is -0.753. The topological polar surface area (TPSA) is 118 Å². The van der Waals surface area contributed by atoms with E-state index in [1.807, 2.05) is 0 Å². The lowest BCUT2D eigenvalue weighted by molar-refractivity contribution is -0.123. The summed E-state index contributed by atoms with van der Waals surface area (Å²) < 4.78 is 0. The second-order valence-corrected chi connectivity index (χ2v) is 9.49. The van der Waals surface area contributed by atoms with E-state index in [4.69, 9.17) is 5.53 Å². The van der Waals surface area contributed by atoms with Gasteiger partial charge in [0.25, 0.3) is 0 Å². The third kappa shape index (κ3) is 19.8. The highest BCUT2D eigenvalue weighted by Gasteiger charge is 2.26. The molecule has 1 amide bonds. The fourth-order valence-electron chi connectivity index (χ4n) is 4.16. The Morgan fingerprint density at radius 1 is 0.788 bits per heavy atom. The summed E-state index contributed by atoms with van der Waals surface area (Å²) in [7, 11) is 0. The fraction of sp³-hybridized carbons (Fsp3) is 0.962. The molecule has 7 nitrogen and oxygen atoms in total. The van der Waals surface area contributed by atoms with E-state index in [1.54, 1.807) is 0 Å². The van der Waals surface area contributed by atoms with Gasteiger partial charge in [0.1, 0.15) is 6.10 Å². The zero-order valence-electron chi connectivity index (χ0n) is 21.5. The highest BCUT2D eigenvalue weighted by Crippen LogP contribution is 2.15. The first-order valence-electron chi connectivity index (χ1n) is 13.7. The molecule has 0 radical (unpaired) electrons. The van der Waals surface area contributed by atoms with E-state index < -0.39 is 18.2 Å². The van der Waals surface area contributed by atoms with Crippen molar-refractivity contribution < 1.29 is 15.0 Å². The molecular formula is C26H52N4O3. The van der Waals surface area contributed by atoms with Crippen LogP contribution >= 0.6 is 0 Å². The maximum Gasteiger partial charge on any atom is 0.220 e. The van der Waals surface area contributed by atoms with Crippen LogP contribution in [-0.2, 0) is 4.79 Å². The van der Waals surface area contributed by atoms with Crippen molar-refractivity contribution in [1.29, 1.82) is 0 Å². The molecule has 0 aromatic carbocycles. The van der Waals surface area contributed by atoms with Gasteiger partial charge < -0.3 is 15.5 Å². The summed E-state index contributed by atoms with van der Waals surface area (Å²) in [6.45, 7) is 4.34. The van der Waals surface area contributed by atoms with Gasteiger partial charge in [0.15, 0.2) is 0 Å². The molecule has 0 aliphatic heterocycles. The fourth-order valence-corrected chi connectivity index (χ4v) is 4.16. The smallest absolute Gasteiger partial charge is 0.220 e. The largest absolute Gasteiger partial charge is 0.390 e. The van der Waals surface area contributed by atoms with Crippen molar-refractivity contribution in [2.24, 2.45) is 5.11 Å². The van der Waals surface area contributed by atoms with E-state index in [0.29, 0.717) is 12.8 Å². The maximum absolute atomic E-state index is 12.2. The molecule has 0 aliphatic carbocycles. The molecule has 0 heterocycles. The zero-order chi connectivity index (χ0) is 24.6. The van der Waals surface area contributed by atoms with Crippen molar-refractivity contribution in [2.45, 2.75) is 154 Å². The Hall–Kier alpha value is -1.30. The second-order valence-electron chi connectivity index (χ2n) is 9.49. The number of aliphatic hydroxyl groups excluding tert-OH is 2. The van der Waals surface area contributed by atoms with Crippen molar-refractivity contribution in [2.75, 3.05) is 6.54 Å². The number of nitrogens with zero attached hydrogens (tertiary/aromatic N) is 3. The first kappa shape index (κ1) is 31.7. The van der Waals surface area contributed by atoms with Gasteiger partial charge in [-0.1, -0.05) is 122 Å². The summed E-state index contributed by atoms with van der Waals surface area (Å²) >= 11 is 0. The van der Waals surface area contributed by atoms with Gasteiger partial charge in [-0.15, -0.1) is 0 Å². The van der Waals surface area contributed by atoms with Crippen LogP contribution in [0.15, 0.2) is 5.11 Å². The first-order valence-corrected chi connectivity index (χ1v) is 13.7. The lowest BCUT2D eigenvalue weighted by Gasteiger charge is -2.26. The second kappa shape index (κ2) is 23.8. The summed E-state index contributed by atoms with van der Waals surface area (Å²) in [5.41, 5.74) is 8.62. The zero-order valence-corrected chi connectivity index (χ0v) is 21.5.